The van der Waals surface area contributed by atoms with E-state index in [4.69, 9.17) is 9.72 Å². The van der Waals surface area contributed by atoms with Gasteiger partial charge in [-0.05, 0) is 41.8 Å². The number of hydrogen-bond acceptors (Lipinski definition) is 2. The lowest BCUT2D eigenvalue weighted by Crippen LogP contribution is -1.96. The molecule has 1 heterocycles. The third kappa shape index (κ3) is 3.23. The van der Waals surface area contributed by atoms with Crippen molar-refractivity contribution < 1.29 is 4.74 Å². The van der Waals surface area contributed by atoms with Crippen LogP contribution in [0, 0.1) is 13.8 Å². The number of aryl methyl sites for hydroxylation is 2. The van der Waals surface area contributed by atoms with Crippen LogP contribution in [0.2, 0.25) is 0 Å². The van der Waals surface area contributed by atoms with E-state index >= 15 is 0 Å². The van der Waals surface area contributed by atoms with Crippen LogP contribution in [0.5, 0.6) is 11.5 Å². The predicted octanol–water partition coefficient (Wildman–Crippen LogP) is 8.62. The van der Waals surface area contributed by atoms with Crippen LogP contribution in [0.25, 0.3) is 43.6 Å². The Labute approximate surface area is 193 Å². The van der Waals surface area contributed by atoms with Gasteiger partial charge in [-0.1, -0.05) is 96.6 Å². The van der Waals surface area contributed by atoms with Crippen molar-refractivity contribution in [3.8, 4) is 22.6 Å². The zero-order chi connectivity index (χ0) is 22.4. The van der Waals surface area contributed by atoms with Gasteiger partial charge in [0, 0.05) is 22.5 Å². The molecular formula is C31H23NO. The van der Waals surface area contributed by atoms with Crippen LogP contribution in [0.15, 0.2) is 103 Å². The molecular weight excluding hydrogens is 402 g/mol. The van der Waals surface area contributed by atoms with E-state index in [2.05, 4.69) is 105 Å². The average molecular weight is 426 g/mol. The third-order valence-corrected chi connectivity index (χ3v) is 6.31. The summed E-state index contributed by atoms with van der Waals surface area (Å²) >= 11 is 0. The molecule has 0 aliphatic rings. The maximum Gasteiger partial charge on any atom is 0.145 e. The molecule has 6 aromatic rings. The molecule has 0 bridgehead atoms. The van der Waals surface area contributed by atoms with E-state index in [-0.39, 0.29) is 0 Å². The largest absolute Gasteiger partial charge is 0.456 e. The van der Waals surface area contributed by atoms with Gasteiger partial charge >= 0.3 is 0 Å². The van der Waals surface area contributed by atoms with Crippen molar-refractivity contribution in [3.05, 3.63) is 114 Å². The Morgan fingerprint density at radius 1 is 0.667 bits per heavy atom. The number of ether oxygens (including phenoxy) is 1. The average Bonchev–Trinajstić information content (AvgIpc) is 2.85. The highest BCUT2D eigenvalue weighted by atomic mass is 16.5. The fourth-order valence-electron chi connectivity index (χ4n) is 4.77. The number of benzene rings is 5. The zero-order valence-electron chi connectivity index (χ0n) is 18.7. The number of rotatable bonds is 3. The minimum absolute atomic E-state index is 0.858. The van der Waals surface area contributed by atoms with Gasteiger partial charge in [0.15, 0.2) is 0 Å². The first-order valence-corrected chi connectivity index (χ1v) is 11.2. The Morgan fingerprint density at radius 2 is 1.36 bits per heavy atom. The van der Waals surface area contributed by atoms with Crippen LogP contribution >= 0.6 is 0 Å². The Balaban J connectivity index is 1.79. The summed E-state index contributed by atoms with van der Waals surface area (Å²) in [6.07, 6.45) is 1.97. The quantitative estimate of drug-likeness (QED) is 0.209. The van der Waals surface area contributed by atoms with E-state index in [1.165, 1.54) is 5.56 Å². The molecule has 0 fully saturated rings. The van der Waals surface area contributed by atoms with Crippen molar-refractivity contribution in [2.45, 2.75) is 13.8 Å². The third-order valence-electron chi connectivity index (χ3n) is 6.31. The minimum atomic E-state index is 0.858. The normalized spacial score (nSPS) is 11.3. The Morgan fingerprint density at radius 3 is 2.15 bits per heavy atom. The first-order chi connectivity index (χ1) is 16.2. The van der Waals surface area contributed by atoms with E-state index in [0.717, 1.165) is 60.6 Å². The lowest BCUT2D eigenvalue weighted by Gasteiger charge is -2.19. The van der Waals surface area contributed by atoms with Crippen molar-refractivity contribution >= 4 is 32.4 Å². The molecule has 0 aliphatic heterocycles. The molecule has 0 N–H and O–H groups in total. The van der Waals surface area contributed by atoms with Gasteiger partial charge < -0.3 is 4.74 Å². The van der Waals surface area contributed by atoms with Crippen LogP contribution in [0.4, 0.5) is 0 Å². The summed E-state index contributed by atoms with van der Waals surface area (Å²) in [6.45, 7) is 4.20. The van der Waals surface area contributed by atoms with Crippen LogP contribution < -0.4 is 4.74 Å². The smallest absolute Gasteiger partial charge is 0.145 e. The second-order valence-corrected chi connectivity index (χ2v) is 8.56. The van der Waals surface area contributed by atoms with Crippen LogP contribution in [-0.2, 0) is 0 Å². The number of nitrogens with zero attached hydrogens (tertiary/aromatic N) is 1. The van der Waals surface area contributed by atoms with Gasteiger partial charge in [-0.25, -0.2) is 0 Å². The molecule has 0 unspecified atom stereocenters. The molecule has 5 aromatic carbocycles. The van der Waals surface area contributed by atoms with E-state index in [1.54, 1.807) is 0 Å². The van der Waals surface area contributed by atoms with Crippen molar-refractivity contribution in [2.24, 2.45) is 0 Å². The van der Waals surface area contributed by atoms with Crippen molar-refractivity contribution in [1.82, 2.24) is 4.98 Å². The Kier molecular flexibility index (Phi) is 4.58. The Bertz CT molecular complexity index is 1650. The van der Waals surface area contributed by atoms with Gasteiger partial charge in [0.2, 0.25) is 0 Å². The number of fused-ring (bicyclic) bond motifs is 4. The van der Waals surface area contributed by atoms with Crippen molar-refractivity contribution in [2.75, 3.05) is 0 Å². The lowest BCUT2D eigenvalue weighted by atomic mass is 9.92. The molecule has 6 rings (SSSR count). The van der Waals surface area contributed by atoms with E-state index < -0.39 is 0 Å². The van der Waals surface area contributed by atoms with Gasteiger partial charge in [-0.3, -0.25) is 4.98 Å². The maximum absolute atomic E-state index is 6.75. The summed E-state index contributed by atoms with van der Waals surface area (Å²) in [7, 11) is 0. The Hall–Kier alpha value is -4.17. The minimum Gasteiger partial charge on any atom is -0.456 e. The fourth-order valence-corrected chi connectivity index (χ4v) is 4.77. The highest BCUT2D eigenvalue weighted by Crippen LogP contribution is 2.46. The van der Waals surface area contributed by atoms with Crippen LogP contribution in [0.3, 0.4) is 0 Å². The van der Waals surface area contributed by atoms with E-state index in [0.29, 0.717) is 0 Å². The molecule has 0 saturated carbocycles. The maximum atomic E-state index is 6.75. The molecule has 0 atom stereocenters. The summed E-state index contributed by atoms with van der Waals surface area (Å²) in [6, 6.07) is 33.7. The number of pyridine rings is 1. The van der Waals surface area contributed by atoms with Gasteiger partial charge in [0.05, 0.1) is 10.9 Å². The van der Waals surface area contributed by atoms with Gasteiger partial charge in [-0.2, -0.15) is 0 Å². The van der Waals surface area contributed by atoms with Crippen molar-refractivity contribution in [1.29, 1.82) is 0 Å². The molecule has 2 heteroatoms. The molecule has 0 aliphatic carbocycles. The first kappa shape index (κ1) is 19.5. The van der Waals surface area contributed by atoms with Gasteiger partial charge in [0.25, 0.3) is 0 Å². The summed E-state index contributed by atoms with van der Waals surface area (Å²) in [5, 5.41) is 5.52. The predicted molar refractivity (Wildman–Crippen MR) is 138 cm³/mol. The first-order valence-electron chi connectivity index (χ1n) is 11.2. The summed E-state index contributed by atoms with van der Waals surface area (Å²) < 4.78 is 6.75. The second kappa shape index (κ2) is 7.75. The summed E-state index contributed by atoms with van der Waals surface area (Å²) in [5.74, 6) is 1.73. The topological polar surface area (TPSA) is 22.1 Å². The molecule has 1 aromatic heterocycles. The highest BCUT2D eigenvalue weighted by molar-refractivity contribution is 6.22. The molecule has 0 spiro atoms. The van der Waals surface area contributed by atoms with Gasteiger partial charge in [-0.15, -0.1) is 0 Å². The second-order valence-electron chi connectivity index (χ2n) is 8.56. The van der Waals surface area contributed by atoms with E-state index in [9.17, 15) is 0 Å². The molecule has 158 valence electrons. The molecule has 2 nitrogen and oxygen atoms in total. The molecule has 0 amide bonds. The SMILES string of the molecule is Cc1ccc(Oc2c3ccccc3c(-c3ccccc3)c3ncc4ccccc4c23)c(C)c1. The summed E-state index contributed by atoms with van der Waals surface area (Å²) in [4.78, 5) is 4.99. The molecule has 33 heavy (non-hydrogen) atoms. The van der Waals surface area contributed by atoms with Gasteiger partial charge in [0.1, 0.15) is 11.5 Å². The number of aromatic nitrogens is 1. The lowest BCUT2D eigenvalue weighted by molar-refractivity contribution is 0.490. The monoisotopic (exact) mass is 425 g/mol. The van der Waals surface area contributed by atoms with Crippen LogP contribution in [0.1, 0.15) is 11.1 Å². The zero-order valence-corrected chi connectivity index (χ0v) is 18.7. The van der Waals surface area contributed by atoms with Crippen molar-refractivity contribution in [3.63, 3.8) is 0 Å². The highest BCUT2D eigenvalue weighted by Gasteiger charge is 2.20. The molecule has 0 radical (unpaired) electrons. The van der Waals surface area contributed by atoms with E-state index in [1.807, 2.05) is 12.3 Å². The standard InChI is InChI=1S/C31H23NO/c1-20-16-17-27(21(2)18-20)33-31-26-15-9-8-14-25(26)28(22-10-4-3-5-11-22)30-29(31)24-13-7-6-12-23(24)19-32-30/h3-19H,1-2H3. The van der Waals surface area contributed by atoms with Crippen LogP contribution in [-0.4, -0.2) is 4.98 Å². The summed E-state index contributed by atoms with van der Waals surface area (Å²) in [5.41, 5.74) is 5.59. The molecule has 0 saturated heterocycles. The fraction of sp³-hybridized carbons (Fsp3) is 0.0645. The number of hydrogen-bond donors (Lipinski definition) is 0.